The van der Waals surface area contributed by atoms with Crippen molar-refractivity contribution in [3.8, 4) is 0 Å². The SMILES string of the molecule is C=CC(O)(CC)c1ccccc1F. The van der Waals surface area contributed by atoms with Gasteiger partial charge in [-0.05, 0) is 12.5 Å². The molecule has 1 aromatic rings. The molecule has 0 spiro atoms. The Balaban J connectivity index is 3.19. The van der Waals surface area contributed by atoms with Gasteiger partial charge in [0.25, 0.3) is 0 Å². The van der Waals surface area contributed by atoms with Crippen LogP contribution < -0.4 is 0 Å². The molecule has 70 valence electrons. The van der Waals surface area contributed by atoms with Gasteiger partial charge in [-0.2, -0.15) is 0 Å². The Morgan fingerprint density at radius 2 is 2.15 bits per heavy atom. The molecule has 0 aliphatic carbocycles. The van der Waals surface area contributed by atoms with Crippen molar-refractivity contribution in [2.75, 3.05) is 0 Å². The summed E-state index contributed by atoms with van der Waals surface area (Å²) in [5.41, 5.74) is -0.960. The molecule has 1 nitrogen and oxygen atoms in total. The first-order chi connectivity index (χ1) is 6.14. The number of rotatable bonds is 3. The quantitative estimate of drug-likeness (QED) is 0.709. The molecule has 0 radical (unpaired) electrons. The summed E-state index contributed by atoms with van der Waals surface area (Å²) in [6.45, 7) is 5.29. The fourth-order valence-corrected chi connectivity index (χ4v) is 1.26. The second kappa shape index (κ2) is 3.71. The topological polar surface area (TPSA) is 20.2 Å². The van der Waals surface area contributed by atoms with Crippen molar-refractivity contribution in [2.24, 2.45) is 0 Å². The van der Waals surface area contributed by atoms with E-state index in [0.717, 1.165) is 0 Å². The summed E-state index contributed by atoms with van der Waals surface area (Å²) in [6.07, 6.45) is 1.78. The van der Waals surface area contributed by atoms with Crippen molar-refractivity contribution in [1.29, 1.82) is 0 Å². The zero-order chi connectivity index (χ0) is 9.90. The second-order valence-electron chi connectivity index (χ2n) is 2.96. The third kappa shape index (κ3) is 1.78. The molecule has 0 saturated heterocycles. The number of aliphatic hydroxyl groups is 1. The van der Waals surface area contributed by atoms with E-state index in [9.17, 15) is 9.50 Å². The monoisotopic (exact) mass is 180 g/mol. The van der Waals surface area contributed by atoms with Crippen LogP contribution in [0.15, 0.2) is 36.9 Å². The Kier molecular flexibility index (Phi) is 2.83. The third-order valence-corrected chi connectivity index (χ3v) is 2.22. The zero-order valence-corrected chi connectivity index (χ0v) is 7.63. The lowest BCUT2D eigenvalue weighted by atomic mass is 9.91. The lowest BCUT2D eigenvalue weighted by Gasteiger charge is -2.23. The van der Waals surface area contributed by atoms with Gasteiger partial charge in [-0.3, -0.25) is 0 Å². The Hall–Kier alpha value is -1.15. The largest absolute Gasteiger partial charge is 0.381 e. The maximum atomic E-state index is 13.3. The van der Waals surface area contributed by atoms with Crippen LogP contribution >= 0.6 is 0 Å². The summed E-state index contributed by atoms with van der Waals surface area (Å²) < 4.78 is 13.3. The molecule has 0 fully saturated rings. The maximum absolute atomic E-state index is 13.3. The first-order valence-electron chi connectivity index (χ1n) is 4.25. The second-order valence-corrected chi connectivity index (χ2v) is 2.96. The Bertz CT molecular complexity index is 309. The van der Waals surface area contributed by atoms with Gasteiger partial charge in [0.05, 0.1) is 0 Å². The van der Waals surface area contributed by atoms with E-state index in [-0.39, 0.29) is 5.56 Å². The molecule has 1 unspecified atom stereocenters. The van der Waals surface area contributed by atoms with Crippen molar-refractivity contribution < 1.29 is 9.50 Å². The molecule has 0 aliphatic rings. The molecule has 2 heteroatoms. The van der Waals surface area contributed by atoms with Gasteiger partial charge in [0.2, 0.25) is 0 Å². The fraction of sp³-hybridized carbons (Fsp3) is 0.273. The van der Waals surface area contributed by atoms with E-state index in [4.69, 9.17) is 0 Å². The molecular formula is C11H13FO. The zero-order valence-electron chi connectivity index (χ0n) is 7.63. The molecule has 0 saturated carbocycles. The minimum atomic E-state index is -1.24. The smallest absolute Gasteiger partial charge is 0.129 e. The highest BCUT2D eigenvalue weighted by atomic mass is 19.1. The van der Waals surface area contributed by atoms with E-state index in [0.29, 0.717) is 6.42 Å². The van der Waals surface area contributed by atoms with E-state index in [1.54, 1.807) is 25.1 Å². The predicted molar refractivity (Wildman–Crippen MR) is 50.8 cm³/mol. The van der Waals surface area contributed by atoms with Crippen molar-refractivity contribution >= 4 is 0 Å². The van der Waals surface area contributed by atoms with Crippen LogP contribution in [0.5, 0.6) is 0 Å². The van der Waals surface area contributed by atoms with E-state index in [1.807, 2.05) is 0 Å². The molecule has 1 atom stereocenters. The lowest BCUT2D eigenvalue weighted by Crippen LogP contribution is -2.22. The van der Waals surface area contributed by atoms with Gasteiger partial charge in [0.15, 0.2) is 0 Å². The summed E-state index contributed by atoms with van der Waals surface area (Å²) in [5, 5.41) is 9.92. The van der Waals surface area contributed by atoms with Crippen LogP contribution in [0.3, 0.4) is 0 Å². The Morgan fingerprint density at radius 3 is 2.62 bits per heavy atom. The standard InChI is InChI=1S/C11H13FO/c1-3-11(13,4-2)9-7-5-6-8-10(9)12/h3,5-8,13H,1,4H2,2H3. The van der Waals surface area contributed by atoms with E-state index >= 15 is 0 Å². The molecular weight excluding hydrogens is 167 g/mol. The van der Waals surface area contributed by atoms with Crippen LogP contribution in [0, 0.1) is 5.82 Å². The predicted octanol–water partition coefficient (Wildman–Crippen LogP) is 2.61. The van der Waals surface area contributed by atoms with Crippen LogP contribution in [0.25, 0.3) is 0 Å². The highest BCUT2D eigenvalue weighted by Gasteiger charge is 2.25. The summed E-state index contributed by atoms with van der Waals surface area (Å²) in [7, 11) is 0. The molecule has 0 bridgehead atoms. The van der Waals surface area contributed by atoms with Crippen LogP contribution in [0.4, 0.5) is 4.39 Å². The van der Waals surface area contributed by atoms with Gasteiger partial charge >= 0.3 is 0 Å². The molecule has 1 N–H and O–H groups in total. The minimum Gasteiger partial charge on any atom is -0.381 e. The molecule has 0 aliphatic heterocycles. The third-order valence-electron chi connectivity index (χ3n) is 2.22. The fourth-order valence-electron chi connectivity index (χ4n) is 1.26. The normalized spacial score (nSPS) is 15.0. The summed E-state index contributed by atoms with van der Waals surface area (Å²) in [6, 6.07) is 6.19. The first-order valence-corrected chi connectivity index (χ1v) is 4.25. The first kappa shape index (κ1) is 9.93. The molecule has 0 aromatic heterocycles. The minimum absolute atomic E-state index is 0.285. The highest BCUT2D eigenvalue weighted by molar-refractivity contribution is 5.27. The van der Waals surface area contributed by atoms with Crippen molar-refractivity contribution in [3.63, 3.8) is 0 Å². The molecule has 0 amide bonds. The van der Waals surface area contributed by atoms with Gasteiger partial charge in [-0.25, -0.2) is 4.39 Å². The summed E-state index contributed by atoms with van der Waals surface area (Å²) in [4.78, 5) is 0. The molecule has 1 rings (SSSR count). The van der Waals surface area contributed by atoms with Crippen molar-refractivity contribution in [2.45, 2.75) is 18.9 Å². The van der Waals surface area contributed by atoms with Gasteiger partial charge in [-0.15, -0.1) is 0 Å². The van der Waals surface area contributed by atoms with Gasteiger partial charge < -0.3 is 5.11 Å². The lowest BCUT2D eigenvalue weighted by molar-refractivity contribution is 0.0815. The Morgan fingerprint density at radius 1 is 1.54 bits per heavy atom. The van der Waals surface area contributed by atoms with E-state index < -0.39 is 11.4 Å². The van der Waals surface area contributed by atoms with Gasteiger partial charge in [0, 0.05) is 5.56 Å². The molecule has 13 heavy (non-hydrogen) atoms. The number of benzene rings is 1. The molecule has 1 aromatic carbocycles. The number of hydrogen-bond acceptors (Lipinski definition) is 1. The highest BCUT2D eigenvalue weighted by Crippen LogP contribution is 2.27. The number of halogens is 1. The average molecular weight is 180 g/mol. The van der Waals surface area contributed by atoms with Crippen LogP contribution in [-0.4, -0.2) is 5.11 Å². The average Bonchev–Trinajstić information content (AvgIpc) is 2.17. The van der Waals surface area contributed by atoms with Crippen molar-refractivity contribution in [1.82, 2.24) is 0 Å². The van der Waals surface area contributed by atoms with Gasteiger partial charge in [-0.1, -0.05) is 37.8 Å². The van der Waals surface area contributed by atoms with Crippen LogP contribution in [-0.2, 0) is 5.60 Å². The summed E-state index contributed by atoms with van der Waals surface area (Å²) >= 11 is 0. The van der Waals surface area contributed by atoms with Gasteiger partial charge in [0.1, 0.15) is 11.4 Å². The van der Waals surface area contributed by atoms with Crippen LogP contribution in [0.1, 0.15) is 18.9 Å². The maximum Gasteiger partial charge on any atom is 0.129 e. The van der Waals surface area contributed by atoms with Crippen molar-refractivity contribution in [3.05, 3.63) is 48.3 Å². The molecule has 0 heterocycles. The van der Waals surface area contributed by atoms with E-state index in [2.05, 4.69) is 6.58 Å². The number of hydrogen-bond donors (Lipinski definition) is 1. The Labute approximate surface area is 77.5 Å². The van der Waals surface area contributed by atoms with E-state index in [1.165, 1.54) is 12.1 Å². The van der Waals surface area contributed by atoms with Crippen LogP contribution in [0.2, 0.25) is 0 Å². The summed E-state index contributed by atoms with van der Waals surface area (Å²) in [5.74, 6) is -0.397.